The lowest BCUT2D eigenvalue weighted by atomic mass is 9.99. The van der Waals surface area contributed by atoms with Gasteiger partial charge in [-0.05, 0) is 48.5 Å². The summed E-state index contributed by atoms with van der Waals surface area (Å²) in [7, 11) is 1.57. The first-order chi connectivity index (χ1) is 17.0. The fourth-order valence-corrected chi connectivity index (χ4v) is 5.24. The van der Waals surface area contributed by atoms with Crippen LogP contribution < -0.4 is 19.1 Å². The summed E-state index contributed by atoms with van der Waals surface area (Å²) in [6.07, 6.45) is 1.45. The van der Waals surface area contributed by atoms with E-state index >= 15 is 0 Å². The lowest BCUT2D eigenvalue weighted by Crippen LogP contribution is -2.29. The molecule has 2 aromatic heterocycles. The number of anilines is 1. The number of methoxy groups -OCH3 is 1. The maximum absolute atomic E-state index is 13.3. The first kappa shape index (κ1) is 21.2. The molecule has 10 heteroatoms. The van der Waals surface area contributed by atoms with Crippen molar-refractivity contribution in [3.05, 3.63) is 71.7 Å². The van der Waals surface area contributed by atoms with Crippen LogP contribution in [-0.2, 0) is 9.59 Å². The fourth-order valence-electron chi connectivity index (χ4n) is 4.21. The lowest BCUT2D eigenvalue weighted by molar-refractivity contribution is -0.132. The van der Waals surface area contributed by atoms with E-state index in [0.29, 0.717) is 52.4 Å². The predicted octanol–water partition coefficient (Wildman–Crippen LogP) is 4.30. The van der Waals surface area contributed by atoms with Gasteiger partial charge in [-0.3, -0.25) is 14.5 Å². The molecule has 176 valence electrons. The van der Waals surface area contributed by atoms with Crippen molar-refractivity contribution in [2.45, 2.75) is 6.04 Å². The summed E-state index contributed by atoms with van der Waals surface area (Å²) < 4.78 is 22.8. The Labute approximate surface area is 202 Å². The number of ether oxygens (including phenoxy) is 3. The highest BCUT2D eigenvalue weighted by atomic mass is 32.1. The number of carbonyl (C=O) groups excluding carboxylic acids is 2. The Bertz CT molecular complexity index is 1510. The van der Waals surface area contributed by atoms with E-state index in [9.17, 15) is 14.7 Å². The van der Waals surface area contributed by atoms with Gasteiger partial charge in [-0.25, -0.2) is 4.98 Å². The van der Waals surface area contributed by atoms with Gasteiger partial charge in [-0.1, -0.05) is 11.3 Å². The molecule has 1 amide bonds. The molecule has 0 radical (unpaired) electrons. The quantitative estimate of drug-likeness (QED) is 0.256. The van der Waals surface area contributed by atoms with Gasteiger partial charge in [-0.15, -0.1) is 0 Å². The number of hydrogen-bond donors (Lipinski definition) is 1. The number of amides is 1. The fraction of sp³-hybridized carbons (Fsp3) is 0.160. The number of nitrogens with zero attached hydrogens (tertiary/aromatic N) is 2. The molecule has 1 atom stereocenters. The van der Waals surface area contributed by atoms with Crippen LogP contribution in [-0.4, -0.2) is 42.1 Å². The molecule has 35 heavy (non-hydrogen) atoms. The summed E-state index contributed by atoms with van der Waals surface area (Å²) in [5.74, 6) is -0.0276. The Morgan fingerprint density at radius 2 is 1.94 bits per heavy atom. The molecule has 0 bridgehead atoms. The van der Waals surface area contributed by atoms with Gasteiger partial charge < -0.3 is 23.7 Å². The zero-order chi connectivity index (χ0) is 24.1. The third kappa shape index (κ3) is 3.41. The third-order valence-corrected chi connectivity index (χ3v) is 6.88. The monoisotopic (exact) mass is 490 g/mol. The normalized spacial score (nSPS) is 18.9. The van der Waals surface area contributed by atoms with Crippen LogP contribution in [0.2, 0.25) is 0 Å². The number of benzene rings is 2. The summed E-state index contributed by atoms with van der Waals surface area (Å²) in [6, 6.07) is 12.5. The Kier molecular flexibility index (Phi) is 4.96. The molecule has 4 heterocycles. The van der Waals surface area contributed by atoms with Gasteiger partial charge in [0.25, 0.3) is 5.78 Å². The Morgan fingerprint density at radius 3 is 2.71 bits per heavy atom. The van der Waals surface area contributed by atoms with E-state index < -0.39 is 17.7 Å². The van der Waals surface area contributed by atoms with Crippen LogP contribution in [0, 0.1) is 0 Å². The van der Waals surface area contributed by atoms with Crippen LogP contribution in [0.1, 0.15) is 17.4 Å². The summed E-state index contributed by atoms with van der Waals surface area (Å²) in [5, 5.41) is 11.6. The van der Waals surface area contributed by atoms with Crippen LogP contribution in [0.5, 0.6) is 17.2 Å². The molecular formula is C25H18N2O7S. The zero-order valence-electron chi connectivity index (χ0n) is 18.4. The number of aliphatic hydroxyl groups is 1. The molecule has 1 N–H and O–H groups in total. The Hall–Kier alpha value is -4.31. The number of fused-ring (bicyclic) bond motifs is 2. The number of furan rings is 1. The van der Waals surface area contributed by atoms with Crippen molar-refractivity contribution in [2.24, 2.45) is 0 Å². The molecule has 2 aliphatic heterocycles. The van der Waals surface area contributed by atoms with Gasteiger partial charge in [0.15, 0.2) is 16.6 Å². The van der Waals surface area contributed by atoms with Gasteiger partial charge in [-0.2, -0.15) is 0 Å². The standard InChI is InChI=1S/C25H18N2O7S/c1-31-14-5-6-15-19(12-14)35-25(26-15)27-21(17-3-2-8-32-17)20(23(29)24(27)30)22(28)13-4-7-16-18(11-13)34-10-9-33-16/h2-8,11-12,21,28H,9-10H2,1H3. The highest BCUT2D eigenvalue weighted by Crippen LogP contribution is 2.45. The first-order valence-electron chi connectivity index (χ1n) is 10.7. The maximum atomic E-state index is 13.3. The predicted molar refractivity (Wildman–Crippen MR) is 127 cm³/mol. The number of thiazole rings is 1. The van der Waals surface area contributed by atoms with Crippen molar-refractivity contribution in [1.29, 1.82) is 0 Å². The molecule has 0 spiro atoms. The number of aliphatic hydroxyl groups excluding tert-OH is 1. The van der Waals surface area contributed by atoms with Crippen LogP contribution in [0.25, 0.3) is 16.0 Å². The van der Waals surface area contributed by atoms with Crippen LogP contribution in [0.15, 0.2) is 64.8 Å². The van der Waals surface area contributed by atoms with Gasteiger partial charge >= 0.3 is 5.91 Å². The molecule has 1 saturated heterocycles. The molecular weight excluding hydrogens is 472 g/mol. The number of Topliss-reactive ketones (excluding diaryl/α,β-unsaturated/α-hetero) is 1. The van der Waals surface area contributed by atoms with Gasteiger partial charge in [0.1, 0.15) is 36.5 Å². The molecule has 1 fully saturated rings. The van der Waals surface area contributed by atoms with Gasteiger partial charge in [0.2, 0.25) is 0 Å². The number of ketones is 1. The average molecular weight is 490 g/mol. The molecule has 0 aliphatic carbocycles. The summed E-state index contributed by atoms with van der Waals surface area (Å²) >= 11 is 1.24. The number of hydrogen-bond acceptors (Lipinski definition) is 9. The second kappa shape index (κ2) is 8.17. The summed E-state index contributed by atoms with van der Waals surface area (Å²) in [5.41, 5.74) is 0.869. The highest BCUT2D eigenvalue weighted by molar-refractivity contribution is 7.22. The lowest BCUT2D eigenvalue weighted by Gasteiger charge is -2.21. The van der Waals surface area contributed by atoms with Crippen LogP contribution in [0.4, 0.5) is 5.13 Å². The number of carbonyl (C=O) groups is 2. The summed E-state index contributed by atoms with van der Waals surface area (Å²) in [6.45, 7) is 0.798. The van der Waals surface area contributed by atoms with E-state index in [1.807, 2.05) is 6.07 Å². The van der Waals surface area contributed by atoms with Crippen molar-refractivity contribution < 1.29 is 33.3 Å². The van der Waals surface area contributed by atoms with E-state index in [-0.39, 0.29) is 11.3 Å². The zero-order valence-corrected chi connectivity index (χ0v) is 19.2. The maximum Gasteiger partial charge on any atom is 0.302 e. The second-order valence-electron chi connectivity index (χ2n) is 7.87. The minimum Gasteiger partial charge on any atom is -0.507 e. The van der Waals surface area contributed by atoms with E-state index in [1.165, 1.54) is 22.5 Å². The molecule has 1 unspecified atom stereocenters. The van der Waals surface area contributed by atoms with E-state index in [1.54, 1.807) is 49.6 Å². The number of aromatic nitrogens is 1. The molecule has 0 saturated carbocycles. The molecule has 2 aromatic carbocycles. The van der Waals surface area contributed by atoms with Crippen molar-refractivity contribution in [3.8, 4) is 17.2 Å². The smallest absolute Gasteiger partial charge is 0.302 e. The van der Waals surface area contributed by atoms with Gasteiger partial charge in [0.05, 0.1) is 29.2 Å². The Balaban J connectivity index is 1.50. The van der Waals surface area contributed by atoms with Crippen molar-refractivity contribution in [2.75, 3.05) is 25.2 Å². The van der Waals surface area contributed by atoms with Crippen molar-refractivity contribution in [1.82, 2.24) is 4.98 Å². The summed E-state index contributed by atoms with van der Waals surface area (Å²) in [4.78, 5) is 32.4. The highest BCUT2D eigenvalue weighted by Gasteiger charge is 2.49. The first-order valence-corrected chi connectivity index (χ1v) is 11.6. The Morgan fingerprint density at radius 1 is 1.11 bits per heavy atom. The molecule has 2 aliphatic rings. The van der Waals surface area contributed by atoms with Crippen LogP contribution >= 0.6 is 11.3 Å². The van der Waals surface area contributed by atoms with Crippen molar-refractivity contribution in [3.63, 3.8) is 0 Å². The van der Waals surface area contributed by atoms with E-state index in [0.717, 1.165) is 4.70 Å². The number of rotatable bonds is 4. The SMILES string of the molecule is COc1ccc2nc(N3C(=O)C(=O)C(=C(O)c4ccc5c(c4)OCCO5)C3c3ccco3)sc2c1. The average Bonchev–Trinajstić information content (AvgIpc) is 3.61. The minimum absolute atomic E-state index is 0.0986. The topological polar surface area (TPSA) is 111 Å². The van der Waals surface area contributed by atoms with E-state index in [2.05, 4.69) is 4.98 Å². The van der Waals surface area contributed by atoms with Gasteiger partial charge in [0, 0.05) is 5.56 Å². The third-order valence-electron chi connectivity index (χ3n) is 5.86. The largest absolute Gasteiger partial charge is 0.507 e. The van der Waals surface area contributed by atoms with E-state index in [4.69, 9.17) is 18.6 Å². The molecule has 9 nitrogen and oxygen atoms in total. The minimum atomic E-state index is -0.999. The van der Waals surface area contributed by atoms with Crippen LogP contribution in [0.3, 0.4) is 0 Å². The second-order valence-corrected chi connectivity index (χ2v) is 8.88. The molecule has 4 aromatic rings. The molecule has 6 rings (SSSR count). The van der Waals surface area contributed by atoms with Crippen molar-refractivity contribution >= 4 is 44.1 Å².